The Balaban J connectivity index is 1.41. The van der Waals surface area contributed by atoms with E-state index in [9.17, 15) is 4.79 Å². The number of piperidine rings is 1. The van der Waals surface area contributed by atoms with Crippen LogP contribution in [0.3, 0.4) is 0 Å². The van der Waals surface area contributed by atoms with Gasteiger partial charge >= 0.3 is 0 Å². The number of aromatic nitrogens is 4. The maximum Gasteiger partial charge on any atom is 0.245 e. The van der Waals surface area contributed by atoms with E-state index < -0.39 is 0 Å². The van der Waals surface area contributed by atoms with Crippen LogP contribution in [0.25, 0.3) is 11.0 Å². The van der Waals surface area contributed by atoms with E-state index >= 15 is 0 Å². The maximum absolute atomic E-state index is 13.1. The van der Waals surface area contributed by atoms with Crippen LogP contribution in [-0.4, -0.2) is 56.7 Å². The number of nitrogens with zero attached hydrogens (tertiary/aromatic N) is 5. The number of amides is 1. The molecule has 0 bridgehead atoms. The predicted octanol–water partition coefficient (Wildman–Crippen LogP) is 2.85. The zero-order chi connectivity index (χ0) is 19.5. The van der Waals surface area contributed by atoms with Gasteiger partial charge in [-0.3, -0.25) is 4.79 Å². The topological polar surface area (TPSA) is 65.2 Å². The van der Waals surface area contributed by atoms with Crippen LogP contribution in [0.2, 0.25) is 0 Å². The van der Waals surface area contributed by atoms with Gasteiger partial charge in [-0.15, -0.1) is 0 Å². The summed E-state index contributed by atoms with van der Waals surface area (Å²) in [5.74, 6) is 1.66. The van der Waals surface area contributed by atoms with Gasteiger partial charge < -0.3 is 18.8 Å². The van der Waals surface area contributed by atoms with Gasteiger partial charge in [-0.25, -0.2) is 9.97 Å². The molecule has 3 heterocycles. The Bertz CT molecular complexity index is 939. The number of benzene rings is 1. The first kappa shape index (κ1) is 18.7. The highest BCUT2D eigenvalue weighted by Crippen LogP contribution is 2.28. The Hall–Kier alpha value is -2.67. The summed E-state index contributed by atoms with van der Waals surface area (Å²) in [6.45, 7) is 4.97. The number of hydrogen-bond acceptors (Lipinski definition) is 4. The molecule has 28 heavy (non-hydrogen) atoms. The van der Waals surface area contributed by atoms with Crippen molar-refractivity contribution in [3.05, 3.63) is 48.8 Å². The number of methoxy groups -OCH3 is 1. The number of para-hydroxylation sites is 2. The van der Waals surface area contributed by atoms with E-state index in [-0.39, 0.29) is 11.9 Å². The number of carbonyl (C=O) groups is 1. The Morgan fingerprint density at radius 1 is 1.25 bits per heavy atom. The highest BCUT2D eigenvalue weighted by molar-refractivity contribution is 5.83. The van der Waals surface area contributed by atoms with Crippen molar-refractivity contribution in [1.82, 2.24) is 24.0 Å². The Kier molecular flexibility index (Phi) is 5.43. The molecule has 1 aliphatic rings. The van der Waals surface area contributed by atoms with E-state index in [0.717, 1.165) is 49.3 Å². The molecule has 0 N–H and O–H groups in total. The average Bonchev–Trinajstić information content (AvgIpc) is 3.38. The molecular formula is C21H27N5O2. The third-order valence-corrected chi connectivity index (χ3v) is 5.71. The van der Waals surface area contributed by atoms with E-state index in [1.807, 2.05) is 53.0 Å². The Morgan fingerprint density at radius 3 is 2.82 bits per heavy atom. The number of likely N-dealkylation sites (tertiary alicyclic amines) is 1. The lowest BCUT2D eigenvalue weighted by Crippen LogP contribution is -2.41. The molecule has 2 aromatic heterocycles. The molecule has 3 aromatic rings. The fourth-order valence-electron chi connectivity index (χ4n) is 4.09. The number of hydrogen-bond donors (Lipinski definition) is 0. The zero-order valence-corrected chi connectivity index (χ0v) is 16.5. The summed E-state index contributed by atoms with van der Waals surface area (Å²) in [4.78, 5) is 24.0. The van der Waals surface area contributed by atoms with Crippen LogP contribution in [-0.2, 0) is 16.1 Å². The van der Waals surface area contributed by atoms with Crippen LogP contribution < -0.4 is 0 Å². The van der Waals surface area contributed by atoms with Gasteiger partial charge in [0.05, 0.1) is 24.0 Å². The van der Waals surface area contributed by atoms with Gasteiger partial charge in [0.15, 0.2) is 0 Å². The summed E-state index contributed by atoms with van der Waals surface area (Å²) in [6, 6.07) is 7.67. The average molecular weight is 381 g/mol. The van der Waals surface area contributed by atoms with Gasteiger partial charge in [0.25, 0.3) is 0 Å². The lowest BCUT2D eigenvalue weighted by molar-refractivity contribution is -0.135. The molecule has 1 unspecified atom stereocenters. The van der Waals surface area contributed by atoms with E-state index in [0.29, 0.717) is 12.5 Å². The molecule has 0 radical (unpaired) electrons. The van der Waals surface area contributed by atoms with Crippen LogP contribution in [0.5, 0.6) is 0 Å². The Morgan fingerprint density at radius 2 is 2.04 bits per heavy atom. The molecule has 1 saturated heterocycles. The smallest absolute Gasteiger partial charge is 0.245 e. The van der Waals surface area contributed by atoms with Crippen LogP contribution in [0.4, 0.5) is 0 Å². The first-order valence-electron chi connectivity index (χ1n) is 9.89. The molecule has 1 atom stereocenters. The number of fused-ring (bicyclic) bond motifs is 1. The molecule has 7 heteroatoms. The largest absolute Gasteiger partial charge is 0.383 e. The van der Waals surface area contributed by atoms with Crippen LogP contribution in [0.15, 0.2) is 43.0 Å². The highest BCUT2D eigenvalue weighted by atomic mass is 16.5. The summed E-state index contributed by atoms with van der Waals surface area (Å²) < 4.78 is 9.34. The van der Waals surface area contributed by atoms with Gasteiger partial charge in [-0.05, 0) is 31.9 Å². The van der Waals surface area contributed by atoms with Crippen LogP contribution >= 0.6 is 0 Å². The van der Waals surface area contributed by atoms with Crippen molar-refractivity contribution >= 4 is 16.9 Å². The Labute approximate surface area is 164 Å². The molecular weight excluding hydrogens is 354 g/mol. The van der Waals surface area contributed by atoms with Crippen LogP contribution in [0.1, 0.15) is 37.5 Å². The normalized spacial score (nSPS) is 16.6. The standard InChI is InChI=1S/C21H27N5O2/c1-16(26-15-23-18-5-3-4-6-19(18)26)21(27)25-10-7-17(8-11-25)20-22-9-12-24(20)13-14-28-2/h3-6,9,12,15-17H,7-8,10-11,13-14H2,1-2H3. The van der Waals surface area contributed by atoms with Crippen LogP contribution in [0, 0.1) is 0 Å². The molecule has 4 rings (SSSR count). The molecule has 1 amide bonds. The van der Waals surface area contributed by atoms with Crippen molar-refractivity contribution < 1.29 is 9.53 Å². The lowest BCUT2D eigenvalue weighted by atomic mass is 9.95. The SMILES string of the molecule is COCCn1ccnc1C1CCN(C(=O)C(C)n2cnc3ccccc32)CC1. The summed E-state index contributed by atoms with van der Waals surface area (Å²) in [7, 11) is 1.71. The number of ether oxygens (including phenoxy) is 1. The molecule has 148 valence electrons. The summed E-state index contributed by atoms with van der Waals surface area (Å²) in [6.07, 6.45) is 7.51. The fourth-order valence-corrected chi connectivity index (χ4v) is 4.09. The molecule has 1 fully saturated rings. The maximum atomic E-state index is 13.1. The summed E-state index contributed by atoms with van der Waals surface area (Å²) >= 11 is 0. The minimum atomic E-state index is -0.257. The second-order valence-electron chi connectivity index (χ2n) is 7.39. The predicted molar refractivity (Wildman–Crippen MR) is 107 cm³/mol. The van der Waals surface area contributed by atoms with Gasteiger partial charge in [0.1, 0.15) is 11.9 Å². The van der Waals surface area contributed by atoms with Gasteiger partial charge in [0, 0.05) is 45.1 Å². The molecule has 7 nitrogen and oxygen atoms in total. The first-order valence-corrected chi connectivity index (χ1v) is 9.89. The molecule has 0 aliphatic carbocycles. The minimum absolute atomic E-state index is 0.157. The second-order valence-corrected chi connectivity index (χ2v) is 7.39. The lowest BCUT2D eigenvalue weighted by Gasteiger charge is -2.33. The van der Waals surface area contributed by atoms with E-state index in [1.54, 1.807) is 13.4 Å². The van der Waals surface area contributed by atoms with Crippen molar-refractivity contribution in [3.8, 4) is 0 Å². The highest BCUT2D eigenvalue weighted by Gasteiger charge is 2.29. The molecule has 1 aromatic carbocycles. The molecule has 0 spiro atoms. The quantitative estimate of drug-likeness (QED) is 0.659. The molecule has 1 aliphatic heterocycles. The van der Waals surface area contributed by atoms with Crippen molar-refractivity contribution in [2.24, 2.45) is 0 Å². The minimum Gasteiger partial charge on any atom is -0.383 e. The van der Waals surface area contributed by atoms with E-state index in [1.165, 1.54) is 0 Å². The van der Waals surface area contributed by atoms with Gasteiger partial charge in [-0.2, -0.15) is 0 Å². The monoisotopic (exact) mass is 381 g/mol. The summed E-state index contributed by atoms with van der Waals surface area (Å²) in [5.41, 5.74) is 1.92. The second kappa shape index (κ2) is 8.14. The summed E-state index contributed by atoms with van der Waals surface area (Å²) in [5, 5.41) is 0. The number of carbonyl (C=O) groups excluding carboxylic acids is 1. The van der Waals surface area contributed by atoms with Crippen molar-refractivity contribution in [3.63, 3.8) is 0 Å². The zero-order valence-electron chi connectivity index (χ0n) is 16.5. The molecule has 0 saturated carbocycles. The number of rotatable bonds is 6. The van der Waals surface area contributed by atoms with Gasteiger partial charge in [-0.1, -0.05) is 12.1 Å². The van der Waals surface area contributed by atoms with Crippen molar-refractivity contribution in [1.29, 1.82) is 0 Å². The fraction of sp³-hybridized carbons (Fsp3) is 0.476. The third kappa shape index (κ3) is 3.54. The van der Waals surface area contributed by atoms with E-state index in [4.69, 9.17) is 4.74 Å². The first-order chi connectivity index (χ1) is 13.7. The van der Waals surface area contributed by atoms with Gasteiger partial charge in [0.2, 0.25) is 5.91 Å². The van der Waals surface area contributed by atoms with E-state index in [2.05, 4.69) is 14.5 Å². The number of imidazole rings is 2. The van der Waals surface area contributed by atoms with Crippen molar-refractivity contribution in [2.45, 2.75) is 38.3 Å². The van der Waals surface area contributed by atoms with Crippen molar-refractivity contribution in [2.75, 3.05) is 26.8 Å². The third-order valence-electron chi connectivity index (χ3n) is 5.71.